The number of nitro benzene ring substituents is 1. The smallest absolute Gasteiger partial charge is 0.311 e. The normalized spacial score (nSPS) is 12.8. The van der Waals surface area contributed by atoms with Gasteiger partial charge in [-0.15, -0.1) is 0 Å². The minimum Gasteiger partial charge on any atom is -0.493 e. The molecule has 25 heavy (non-hydrogen) atoms. The fourth-order valence-electron chi connectivity index (χ4n) is 2.95. The van der Waals surface area contributed by atoms with E-state index >= 15 is 0 Å². The monoisotopic (exact) mass is 342 g/mol. The Labute approximate surface area is 145 Å². The van der Waals surface area contributed by atoms with Crippen LogP contribution in [0.15, 0.2) is 35.3 Å². The fraction of sp³-hybridized carbons (Fsp3) is 0.278. The molecule has 0 amide bonds. The minimum absolute atomic E-state index is 0.0877. The molecule has 0 fully saturated rings. The Kier molecular flexibility index (Phi) is 4.56. The summed E-state index contributed by atoms with van der Waals surface area (Å²) in [7, 11) is 4.57. The van der Waals surface area contributed by atoms with Gasteiger partial charge in [-0.1, -0.05) is 0 Å². The summed E-state index contributed by atoms with van der Waals surface area (Å²) in [5.74, 6) is 1.47. The molecule has 1 aliphatic heterocycles. The van der Waals surface area contributed by atoms with E-state index in [0.29, 0.717) is 29.3 Å². The molecule has 0 N–H and O–H groups in total. The number of hydrogen-bond acceptors (Lipinski definition) is 6. The second kappa shape index (κ2) is 6.80. The largest absolute Gasteiger partial charge is 0.493 e. The van der Waals surface area contributed by atoms with Crippen molar-refractivity contribution in [1.29, 1.82) is 0 Å². The molecule has 7 nitrogen and oxygen atoms in total. The summed E-state index contributed by atoms with van der Waals surface area (Å²) in [6.45, 7) is 0.609. The third-order valence-electron chi connectivity index (χ3n) is 4.16. The van der Waals surface area contributed by atoms with Gasteiger partial charge in [0.25, 0.3) is 0 Å². The number of hydrogen-bond donors (Lipinski definition) is 0. The molecule has 0 spiro atoms. The Morgan fingerprint density at radius 3 is 2.32 bits per heavy atom. The first-order valence-corrected chi connectivity index (χ1v) is 7.71. The second-order valence-corrected chi connectivity index (χ2v) is 5.49. The first-order chi connectivity index (χ1) is 12.1. The van der Waals surface area contributed by atoms with Crippen LogP contribution in [0.25, 0.3) is 0 Å². The molecule has 2 aromatic rings. The summed E-state index contributed by atoms with van der Waals surface area (Å²) < 4.78 is 15.8. The molecule has 3 rings (SSSR count). The van der Waals surface area contributed by atoms with Crippen molar-refractivity contribution in [2.24, 2.45) is 4.99 Å². The highest BCUT2D eigenvalue weighted by Crippen LogP contribution is 2.35. The van der Waals surface area contributed by atoms with Crippen molar-refractivity contribution in [2.75, 3.05) is 27.9 Å². The van der Waals surface area contributed by atoms with Gasteiger partial charge in [0.15, 0.2) is 17.2 Å². The highest BCUT2D eigenvalue weighted by molar-refractivity contribution is 6.15. The molecule has 0 bridgehead atoms. The lowest BCUT2D eigenvalue weighted by molar-refractivity contribution is -0.385. The second-order valence-electron chi connectivity index (χ2n) is 5.49. The van der Waals surface area contributed by atoms with Crippen LogP contribution >= 0.6 is 0 Å². The Morgan fingerprint density at radius 2 is 1.68 bits per heavy atom. The molecular weight excluding hydrogens is 324 g/mol. The average Bonchev–Trinajstić information content (AvgIpc) is 2.65. The van der Waals surface area contributed by atoms with E-state index in [1.54, 1.807) is 26.4 Å². The standard InChI is InChI=1S/C18H18N2O5/c1-23-15-5-4-12(8-14(15)20(21)22)18-13-10-17(25-3)16(24-2)9-11(13)6-7-19-18/h4-5,8-10H,6-7H2,1-3H3. The van der Waals surface area contributed by atoms with Crippen LogP contribution in [0.3, 0.4) is 0 Å². The summed E-state index contributed by atoms with van der Waals surface area (Å²) in [6.07, 6.45) is 0.775. The molecule has 0 saturated carbocycles. The highest BCUT2D eigenvalue weighted by Gasteiger charge is 2.23. The summed E-state index contributed by atoms with van der Waals surface area (Å²) >= 11 is 0. The van der Waals surface area contributed by atoms with Gasteiger partial charge in [-0.3, -0.25) is 15.1 Å². The molecule has 7 heteroatoms. The third kappa shape index (κ3) is 3.00. The molecule has 0 atom stereocenters. The summed E-state index contributed by atoms with van der Waals surface area (Å²) in [5.41, 5.74) is 3.24. The number of ether oxygens (including phenoxy) is 3. The molecule has 0 aliphatic carbocycles. The average molecular weight is 342 g/mol. The van der Waals surface area contributed by atoms with Crippen LogP contribution in [-0.2, 0) is 6.42 Å². The van der Waals surface area contributed by atoms with Gasteiger partial charge in [-0.05, 0) is 36.2 Å². The Morgan fingerprint density at radius 1 is 1.00 bits per heavy atom. The molecule has 0 saturated heterocycles. The van der Waals surface area contributed by atoms with Crippen LogP contribution in [-0.4, -0.2) is 38.5 Å². The van der Waals surface area contributed by atoms with Crippen LogP contribution in [0, 0.1) is 10.1 Å². The number of fused-ring (bicyclic) bond motifs is 1. The Hall–Kier alpha value is -3.09. The predicted molar refractivity (Wildman–Crippen MR) is 93.4 cm³/mol. The molecule has 1 heterocycles. The van der Waals surface area contributed by atoms with Crippen LogP contribution in [0.1, 0.15) is 16.7 Å². The number of rotatable bonds is 5. The molecule has 130 valence electrons. The van der Waals surface area contributed by atoms with E-state index in [1.165, 1.54) is 13.2 Å². The van der Waals surface area contributed by atoms with Crippen molar-refractivity contribution in [2.45, 2.75) is 6.42 Å². The van der Waals surface area contributed by atoms with Crippen molar-refractivity contribution < 1.29 is 19.1 Å². The van der Waals surface area contributed by atoms with Gasteiger partial charge in [0.05, 0.1) is 32.0 Å². The predicted octanol–water partition coefficient (Wildman–Crippen LogP) is 3.01. The maximum absolute atomic E-state index is 11.3. The molecule has 2 aromatic carbocycles. The van der Waals surface area contributed by atoms with Crippen LogP contribution in [0.5, 0.6) is 17.2 Å². The maximum atomic E-state index is 11.3. The van der Waals surface area contributed by atoms with E-state index in [1.807, 2.05) is 12.1 Å². The van der Waals surface area contributed by atoms with Gasteiger partial charge in [0.1, 0.15) is 0 Å². The fourth-order valence-corrected chi connectivity index (χ4v) is 2.95. The minimum atomic E-state index is -0.457. The summed E-state index contributed by atoms with van der Waals surface area (Å²) in [6, 6.07) is 8.65. The summed E-state index contributed by atoms with van der Waals surface area (Å²) in [5, 5.41) is 11.3. The van der Waals surface area contributed by atoms with E-state index in [2.05, 4.69) is 4.99 Å². The van der Waals surface area contributed by atoms with Gasteiger partial charge in [0, 0.05) is 23.7 Å². The van der Waals surface area contributed by atoms with Gasteiger partial charge in [-0.25, -0.2) is 0 Å². The zero-order valence-corrected chi connectivity index (χ0v) is 14.2. The van der Waals surface area contributed by atoms with E-state index in [9.17, 15) is 10.1 Å². The van der Waals surface area contributed by atoms with Crippen molar-refractivity contribution in [3.63, 3.8) is 0 Å². The van der Waals surface area contributed by atoms with Crippen LogP contribution < -0.4 is 14.2 Å². The number of nitrogens with zero attached hydrogens (tertiary/aromatic N) is 2. The zero-order valence-electron chi connectivity index (χ0n) is 14.2. The van der Waals surface area contributed by atoms with E-state index < -0.39 is 4.92 Å². The quantitative estimate of drug-likeness (QED) is 0.616. The van der Waals surface area contributed by atoms with Gasteiger partial charge in [-0.2, -0.15) is 0 Å². The number of methoxy groups -OCH3 is 3. The van der Waals surface area contributed by atoms with Crippen LogP contribution in [0.2, 0.25) is 0 Å². The van der Waals surface area contributed by atoms with E-state index in [4.69, 9.17) is 14.2 Å². The number of benzene rings is 2. The first-order valence-electron chi connectivity index (χ1n) is 7.71. The van der Waals surface area contributed by atoms with E-state index in [-0.39, 0.29) is 11.4 Å². The Bertz CT molecular complexity index is 861. The molecule has 0 unspecified atom stereocenters. The third-order valence-corrected chi connectivity index (χ3v) is 4.16. The topological polar surface area (TPSA) is 83.2 Å². The lowest BCUT2D eigenvalue weighted by Crippen LogP contribution is -2.15. The van der Waals surface area contributed by atoms with Gasteiger partial charge >= 0.3 is 5.69 Å². The van der Waals surface area contributed by atoms with Crippen molar-refractivity contribution >= 4 is 11.4 Å². The number of nitro groups is 1. The molecule has 0 aromatic heterocycles. The van der Waals surface area contributed by atoms with Crippen LogP contribution in [0.4, 0.5) is 5.69 Å². The maximum Gasteiger partial charge on any atom is 0.311 e. The highest BCUT2D eigenvalue weighted by atomic mass is 16.6. The van der Waals surface area contributed by atoms with Gasteiger partial charge in [0.2, 0.25) is 0 Å². The lowest BCUT2D eigenvalue weighted by Gasteiger charge is -2.20. The Balaban J connectivity index is 2.13. The lowest BCUT2D eigenvalue weighted by atomic mass is 9.92. The van der Waals surface area contributed by atoms with Crippen molar-refractivity contribution in [3.8, 4) is 17.2 Å². The molecule has 0 radical (unpaired) electrons. The molecular formula is C18H18N2O5. The molecule has 1 aliphatic rings. The SMILES string of the molecule is COc1cc2c(cc1OC)C(c1ccc(OC)c([N+](=O)[O-])c1)=NCC2. The zero-order chi connectivity index (χ0) is 18.0. The van der Waals surface area contributed by atoms with Crippen molar-refractivity contribution in [1.82, 2.24) is 0 Å². The first kappa shape index (κ1) is 16.8. The van der Waals surface area contributed by atoms with E-state index in [0.717, 1.165) is 17.5 Å². The number of aliphatic imine (C=N–C) groups is 1. The summed E-state index contributed by atoms with van der Waals surface area (Å²) in [4.78, 5) is 15.4. The van der Waals surface area contributed by atoms with Gasteiger partial charge < -0.3 is 14.2 Å². The van der Waals surface area contributed by atoms with Crippen molar-refractivity contribution in [3.05, 3.63) is 57.1 Å².